The van der Waals surface area contributed by atoms with Crippen molar-refractivity contribution in [2.45, 2.75) is 32.2 Å². The number of aliphatic hydroxyl groups excluding tert-OH is 1. The molecule has 1 fully saturated rings. The van der Waals surface area contributed by atoms with E-state index in [-0.39, 0.29) is 30.2 Å². The first-order chi connectivity index (χ1) is 9.52. The van der Waals surface area contributed by atoms with Gasteiger partial charge in [0.25, 0.3) is 11.6 Å². The molecule has 0 aromatic heterocycles. The van der Waals surface area contributed by atoms with Gasteiger partial charge in [-0.1, -0.05) is 6.42 Å². The predicted octanol–water partition coefficient (Wildman–Crippen LogP) is 1.79. The molecule has 108 valence electrons. The van der Waals surface area contributed by atoms with Crippen molar-refractivity contribution in [3.05, 3.63) is 39.4 Å². The highest BCUT2D eigenvalue weighted by molar-refractivity contribution is 5.96. The minimum Gasteiger partial charge on any atom is -0.396 e. The molecule has 0 saturated heterocycles. The molecule has 2 atom stereocenters. The average Bonchev–Trinajstić information content (AvgIpc) is 2.85. The molecule has 1 aliphatic carbocycles. The zero-order valence-corrected chi connectivity index (χ0v) is 11.3. The second-order valence-corrected chi connectivity index (χ2v) is 5.21. The minimum atomic E-state index is -0.479. The molecule has 1 saturated carbocycles. The standard InChI is InChI=1S/C14H18N2O4/c1-9-7-11(16(19)20)5-6-12(9)14(18)15-13-4-2-3-10(13)8-17/h5-7,10,13,17H,2-4,8H2,1H3,(H,15,18). The third kappa shape index (κ3) is 2.96. The van der Waals surface area contributed by atoms with Crippen LogP contribution in [0.5, 0.6) is 0 Å². The van der Waals surface area contributed by atoms with Gasteiger partial charge in [0.05, 0.1) is 4.92 Å². The number of carbonyl (C=O) groups is 1. The lowest BCUT2D eigenvalue weighted by molar-refractivity contribution is -0.384. The first-order valence-electron chi connectivity index (χ1n) is 6.69. The lowest BCUT2D eigenvalue weighted by atomic mass is 10.0. The van der Waals surface area contributed by atoms with Gasteiger partial charge in [0.15, 0.2) is 0 Å². The minimum absolute atomic E-state index is 0.0120. The van der Waals surface area contributed by atoms with Gasteiger partial charge in [0, 0.05) is 36.3 Å². The lowest BCUT2D eigenvalue weighted by Crippen LogP contribution is -2.38. The van der Waals surface area contributed by atoms with Gasteiger partial charge in [0.2, 0.25) is 0 Å². The number of nitro groups is 1. The Morgan fingerprint density at radius 1 is 1.50 bits per heavy atom. The first kappa shape index (κ1) is 14.5. The first-order valence-corrected chi connectivity index (χ1v) is 6.69. The van der Waals surface area contributed by atoms with Crippen LogP contribution in [0.25, 0.3) is 0 Å². The van der Waals surface area contributed by atoms with Gasteiger partial charge in [-0.2, -0.15) is 0 Å². The summed E-state index contributed by atoms with van der Waals surface area (Å²) in [5.41, 5.74) is 1.00. The molecule has 1 aliphatic rings. The number of aliphatic hydroxyl groups is 1. The van der Waals surface area contributed by atoms with Crippen molar-refractivity contribution < 1.29 is 14.8 Å². The molecule has 2 unspecified atom stereocenters. The number of hydrogen-bond acceptors (Lipinski definition) is 4. The van der Waals surface area contributed by atoms with E-state index in [0.29, 0.717) is 11.1 Å². The van der Waals surface area contributed by atoms with Crippen molar-refractivity contribution in [1.82, 2.24) is 5.32 Å². The van der Waals surface area contributed by atoms with Crippen molar-refractivity contribution in [3.8, 4) is 0 Å². The molecule has 2 rings (SSSR count). The van der Waals surface area contributed by atoms with E-state index in [1.165, 1.54) is 18.2 Å². The van der Waals surface area contributed by atoms with Crippen molar-refractivity contribution >= 4 is 11.6 Å². The van der Waals surface area contributed by atoms with E-state index in [1.807, 2.05) is 0 Å². The Morgan fingerprint density at radius 2 is 2.25 bits per heavy atom. The largest absolute Gasteiger partial charge is 0.396 e. The number of carbonyl (C=O) groups excluding carboxylic acids is 1. The van der Waals surface area contributed by atoms with Crippen molar-refractivity contribution in [1.29, 1.82) is 0 Å². The zero-order valence-electron chi connectivity index (χ0n) is 11.3. The van der Waals surface area contributed by atoms with Crippen molar-refractivity contribution in [2.24, 2.45) is 5.92 Å². The highest BCUT2D eigenvalue weighted by atomic mass is 16.6. The molecule has 0 heterocycles. The van der Waals surface area contributed by atoms with Crippen LogP contribution < -0.4 is 5.32 Å². The number of nitrogens with one attached hydrogen (secondary N) is 1. The Balaban J connectivity index is 2.11. The summed E-state index contributed by atoms with van der Waals surface area (Å²) in [5.74, 6) is -0.125. The maximum Gasteiger partial charge on any atom is 0.269 e. The molecule has 1 amide bonds. The molecule has 6 heteroatoms. The van der Waals surface area contributed by atoms with Gasteiger partial charge in [-0.05, 0) is 31.4 Å². The smallest absolute Gasteiger partial charge is 0.269 e. The normalized spacial score (nSPS) is 21.7. The number of aryl methyl sites for hydroxylation is 1. The number of non-ortho nitro benzene ring substituents is 1. The zero-order chi connectivity index (χ0) is 14.7. The van der Waals surface area contributed by atoms with E-state index < -0.39 is 4.92 Å². The number of benzene rings is 1. The van der Waals surface area contributed by atoms with Crippen LogP contribution in [-0.2, 0) is 0 Å². The van der Waals surface area contributed by atoms with Crippen LogP contribution in [0.3, 0.4) is 0 Å². The van der Waals surface area contributed by atoms with Gasteiger partial charge in [-0.3, -0.25) is 14.9 Å². The molecule has 2 N–H and O–H groups in total. The summed E-state index contributed by atoms with van der Waals surface area (Å²) in [6.07, 6.45) is 2.78. The van der Waals surface area contributed by atoms with E-state index in [2.05, 4.69) is 5.32 Å². The van der Waals surface area contributed by atoms with Gasteiger partial charge >= 0.3 is 0 Å². The number of hydrogen-bond donors (Lipinski definition) is 2. The molecule has 0 radical (unpaired) electrons. The summed E-state index contributed by atoms with van der Waals surface area (Å²) in [4.78, 5) is 22.4. The Bertz CT molecular complexity index is 530. The molecule has 1 aromatic rings. The number of amides is 1. The Hall–Kier alpha value is -1.95. The predicted molar refractivity (Wildman–Crippen MR) is 73.5 cm³/mol. The molecule has 6 nitrogen and oxygen atoms in total. The summed E-state index contributed by atoms with van der Waals surface area (Å²) in [6.45, 7) is 1.75. The number of rotatable bonds is 4. The van der Waals surface area contributed by atoms with Crippen LogP contribution in [0, 0.1) is 23.0 Å². The van der Waals surface area contributed by atoms with Crippen LogP contribution in [0.15, 0.2) is 18.2 Å². The molecule has 1 aromatic carbocycles. The van der Waals surface area contributed by atoms with E-state index in [0.717, 1.165) is 19.3 Å². The van der Waals surface area contributed by atoms with Crippen molar-refractivity contribution in [2.75, 3.05) is 6.61 Å². The monoisotopic (exact) mass is 278 g/mol. The topological polar surface area (TPSA) is 92.5 Å². The quantitative estimate of drug-likeness (QED) is 0.648. The summed E-state index contributed by atoms with van der Waals surface area (Å²) in [6, 6.07) is 4.20. The van der Waals surface area contributed by atoms with Crippen LogP contribution in [-0.4, -0.2) is 28.6 Å². The molecule has 0 aliphatic heterocycles. The molecular weight excluding hydrogens is 260 g/mol. The molecule has 0 bridgehead atoms. The third-order valence-corrected chi connectivity index (χ3v) is 3.88. The fourth-order valence-corrected chi connectivity index (χ4v) is 2.71. The Morgan fingerprint density at radius 3 is 2.85 bits per heavy atom. The van der Waals surface area contributed by atoms with Gasteiger partial charge < -0.3 is 10.4 Å². The highest BCUT2D eigenvalue weighted by Crippen LogP contribution is 2.26. The highest BCUT2D eigenvalue weighted by Gasteiger charge is 2.28. The van der Waals surface area contributed by atoms with Crippen LogP contribution in [0.1, 0.15) is 35.2 Å². The fourth-order valence-electron chi connectivity index (χ4n) is 2.71. The maximum atomic E-state index is 12.2. The summed E-state index contributed by atoms with van der Waals surface area (Å²) < 4.78 is 0. The second-order valence-electron chi connectivity index (χ2n) is 5.21. The van der Waals surface area contributed by atoms with Gasteiger partial charge in [-0.25, -0.2) is 0 Å². The molecular formula is C14H18N2O4. The number of nitrogens with zero attached hydrogens (tertiary/aromatic N) is 1. The summed E-state index contributed by atoms with van der Waals surface area (Å²) >= 11 is 0. The lowest BCUT2D eigenvalue weighted by Gasteiger charge is -2.19. The van der Waals surface area contributed by atoms with E-state index in [9.17, 15) is 20.0 Å². The maximum absolute atomic E-state index is 12.2. The van der Waals surface area contributed by atoms with Crippen LogP contribution in [0.4, 0.5) is 5.69 Å². The van der Waals surface area contributed by atoms with E-state index >= 15 is 0 Å². The average molecular weight is 278 g/mol. The van der Waals surface area contributed by atoms with Crippen LogP contribution in [0.2, 0.25) is 0 Å². The third-order valence-electron chi connectivity index (χ3n) is 3.88. The second kappa shape index (κ2) is 6.00. The fraction of sp³-hybridized carbons (Fsp3) is 0.500. The van der Waals surface area contributed by atoms with Crippen molar-refractivity contribution in [3.63, 3.8) is 0 Å². The Labute approximate surface area is 117 Å². The van der Waals surface area contributed by atoms with Gasteiger partial charge in [0.1, 0.15) is 0 Å². The van der Waals surface area contributed by atoms with E-state index in [4.69, 9.17) is 0 Å². The summed E-state index contributed by atoms with van der Waals surface area (Å²) in [5, 5.41) is 22.8. The molecule has 0 spiro atoms. The summed E-state index contributed by atoms with van der Waals surface area (Å²) in [7, 11) is 0. The SMILES string of the molecule is Cc1cc([N+](=O)[O-])ccc1C(=O)NC1CCCC1CO. The van der Waals surface area contributed by atoms with E-state index in [1.54, 1.807) is 6.92 Å². The number of nitro benzene ring substituents is 1. The Kier molecular flexibility index (Phi) is 4.34. The van der Waals surface area contributed by atoms with Crippen LogP contribution >= 0.6 is 0 Å². The molecule has 20 heavy (non-hydrogen) atoms. The van der Waals surface area contributed by atoms with Gasteiger partial charge in [-0.15, -0.1) is 0 Å².